The van der Waals surface area contributed by atoms with Crippen molar-refractivity contribution in [2.45, 2.75) is 32.7 Å². The summed E-state index contributed by atoms with van der Waals surface area (Å²) in [4.78, 5) is 24.7. The molecular formula is C15H22N4O2. The molecule has 1 fully saturated rings. The largest absolute Gasteiger partial charge is 0.374 e. The van der Waals surface area contributed by atoms with Gasteiger partial charge in [0.2, 0.25) is 5.91 Å². The van der Waals surface area contributed by atoms with Crippen molar-refractivity contribution in [3.8, 4) is 0 Å². The monoisotopic (exact) mass is 290 g/mol. The van der Waals surface area contributed by atoms with Crippen molar-refractivity contribution in [2.24, 2.45) is 5.73 Å². The first-order valence-corrected chi connectivity index (χ1v) is 7.20. The number of nitrogens with two attached hydrogens (primary N) is 1. The first-order valence-electron chi connectivity index (χ1n) is 7.20. The molecule has 0 unspecified atom stereocenters. The number of aryl methyl sites for hydroxylation is 1. The third-order valence-electron chi connectivity index (χ3n) is 3.67. The van der Waals surface area contributed by atoms with E-state index in [0.717, 1.165) is 18.8 Å². The predicted octanol–water partition coefficient (Wildman–Crippen LogP) is 1.59. The normalized spacial score (nSPS) is 15.6. The van der Waals surface area contributed by atoms with Gasteiger partial charge in [0, 0.05) is 24.5 Å². The van der Waals surface area contributed by atoms with Crippen LogP contribution in [0.1, 0.15) is 25.3 Å². The molecule has 0 bridgehead atoms. The lowest BCUT2D eigenvalue weighted by Crippen LogP contribution is -2.43. The fraction of sp³-hybridized carbons (Fsp3) is 0.467. The SMILES string of the molecule is Cc1cc(N[C@@H](C)C(=O)NC(N)=O)ccc1N1CCCC1. The number of imide groups is 1. The lowest BCUT2D eigenvalue weighted by Gasteiger charge is -2.21. The van der Waals surface area contributed by atoms with Gasteiger partial charge in [0.25, 0.3) is 0 Å². The van der Waals surface area contributed by atoms with Gasteiger partial charge in [-0.25, -0.2) is 4.79 Å². The van der Waals surface area contributed by atoms with Gasteiger partial charge >= 0.3 is 6.03 Å². The van der Waals surface area contributed by atoms with E-state index in [-0.39, 0.29) is 0 Å². The summed E-state index contributed by atoms with van der Waals surface area (Å²) in [5, 5.41) is 5.13. The molecule has 0 radical (unpaired) electrons. The quantitative estimate of drug-likeness (QED) is 0.786. The molecular weight excluding hydrogens is 268 g/mol. The van der Waals surface area contributed by atoms with E-state index in [1.165, 1.54) is 24.1 Å². The van der Waals surface area contributed by atoms with Crippen molar-refractivity contribution in [3.05, 3.63) is 23.8 Å². The Hall–Kier alpha value is -2.24. The van der Waals surface area contributed by atoms with Crippen LogP contribution < -0.4 is 21.3 Å². The Balaban J connectivity index is 2.02. The van der Waals surface area contributed by atoms with Crippen LogP contribution >= 0.6 is 0 Å². The fourth-order valence-electron chi connectivity index (χ4n) is 2.60. The number of hydrogen-bond donors (Lipinski definition) is 3. The first-order chi connectivity index (χ1) is 9.97. The van der Waals surface area contributed by atoms with Gasteiger partial charge in [0.15, 0.2) is 0 Å². The van der Waals surface area contributed by atoms with Gasteiger partial charge in [0.1, 0.15) is 6.04 Å². The first kappa shape index (κ1) is 15.2. The predicted molar refractivity (Wildman–Crippen MR) is 83.4 cm³/mol. The summed E-state index contributed by atoms with van der Waals surface area (Å²) in [6.07, 6.45) is 2.48. The maximum atomic E-state index is 11.6. The number of benzene rings is 1. The molecule has 1 aromatic carbocycles. The van der Waals surface area contributed by atoms with Crippen molar-refractivity contribution in [3.63, 3.8) is 0 Å². The zero-order chi connectivity index (χ0) is 15.4. The maximum Gasteiger partial charge on any atom is 0.318 e. The van der Waals surface area contributed by atoms with Crippen molar-refractivity contribution in [1.29, 1.82) is 0 Å². The summed E-state index contributed by atoms with van der Waals surface area (Å²) in [6, 6.07) is 4.67. The van der Waals surface area contributed by atoms with E-state index in [1.54, 1.807) is 6.92 Å². The average Bonchev–Trinajstić information content (AvgIpc) is 2.91. The van der Waals surface area contributed by atoms with Gasteiger partial charge in [-0.05, 0) is 50.5 Å². The molecule has 0 spiro atoms. The van der Waals surface area contributed by atoms with Gasteiger partial charge in [0.05, 0.1) is 0 Å². The van der Waals surface area contributed by atoms with Gasteiger partial charge in [-0.15, -0.1) is 0 Å². The van der Waals surface area contributed by atoms with E-state index in [9.17, 15) is 9.59 Å². The van der Waals surface area contributed by atoms with Crippen LogP contribution in [0.5, 0.6) is 0 Å². The van der Waals surface area contributed by atoms with Crippen LogP contribution in [0, 0.1) is 6.92 Å². The smallest absolute Gasteiger partial charge is 0.318 e. The lowest BCUT2D eigenvalue weighted by molar-refractivity contribution is -0.120. The number of urea groups is 1. The van der Waals surface area contributed by atoms with E-state index in [2.05, 4.69) is 28.5 Å². The summed E-state index contributed by atoms with van der Waals surface area (Å²) in [5.74, 6) is -0.441. The van der Waals surface area contributed by atoms with E-state index in [4.69, 9.17) is 5.73 Å². The number of anilines is 2. The van der Waals surface area contributed by atoms with Crippen molar-refractivity contribution < 1.29 is 9.59 Å². The van der Waals surface area contributed by atoms with Crippen LogP contribution in [0.25, 0.3) is 0 Å². The van der Waals surface area contributed by atoms with Gasteiger partial charge in [-0.3, -0.25) is 10.1 Å². The number of amides is 3. The Morgan fingerprint density at radius 2 is 1.95 bits per heavy atom. The molecule has 6 heteroatoms. The Labute approximate surface area is 124 Å². The highest BCUT2D eigenvalue weighted by Gasteiger charge is 2.16. The molecule has 1 aliphatic heterocycles. The molecule has 1 aromatic rings. The van der Waals surface area contributed by atoms with Crippen molar-refractivity contribution >= 4 is 23.3 Å². The van der Waals surface area contributed by atoms with E-state index >= 15 is 0 Å². The molecule has 3 amide bonds. The molecule has 114 valence electrons. The Bertz CT molecular complexity index is 538. The van der Waals surface area contributed by atoms with E-state index in [0.29, 0.717) is 0 Å². The number of nitrogens with one attached hydrogen (secondary N) is 2. The highest BCUT2D eigenvalue weighted by molar-refractivity contribution is 5.97. The molecule has 6 nitrogen and oxygen atoms in total. The number of hydrogen-bond acceptors (Lipinski definition) is 4. The molecule has 1 aliphatic rings. The standard InChI is InChI=1S/C15H22N4O2/c1-10-9-12(17-11(2)14(20)18-15(16)21)5-6-13(10)19-7-3-4-8-19/h5-6,9,11,17H,3-4,7-8H2,1-2H3,(H3,16,18,20,21)/t11-/m0/s1. The number of nitrogens with zero attached hydrogens (tertiary/aromatic N) is 1. The molecule has 21 heavy (non-hydrogen) atoms. The molecule has 0 saturated carbocycles. The van der Waals surface area contributed by atoms with Gasteiger partial charge < -0.3 is 16.0 Å². The third-order valence-corrected chi connectivity index (χ3v) is 3.67. The highest BCUT2D eigenvalue weighted by atomic mass is 16.2. The molecule has 2 rings (SSSR count). The highest BCUT2D eigenvalue weighted by Crippen LogP contribution is 2.26. The maximum absolute atomic E-state index is 11.6. The minimum absolute atomic E-state index is 0.441. The van der Waals surface area contributed by atoms with E-state index in [1.807, 2.05) is 12.1 Å². The molecule has 0 aliphatic carbocycles. The zero-order valence-electron chi connectivity index (χ0n) is 12.5. The van der Waals surface area contributed by atoms with Crippen molar-refractivity contribution in [1.82, 2.24) is 5.32 Å². The van der Waals surface area contributed by atoms with Crippen molar-refractivity contribution in [2.75, 3.05) is 23.3 Å². The molecule has 1 atom stereocenters. The second-order valence-electron chi connectivity index (χ2n) is 5.41. The molecule has 1 heterocycles. The Kier molecular flexibility index (Phi) is 4.67. The minimum atomic E-state index is -0.839. The third kappa shape index (κ3) is 3.87. The number of rotatable bonds is 4. The Morgan fingerprint density at radius 3 is 2.52 bits per heavy atom. The number of carbonyl (C=O) groups is 2. The van der Waals surface area contributed by atoms with Crippen LogP contribution in [0.15, 0.2) is 18.2 Å². The van der Waals surface area contributed by atoms with Gasteiger partial charge in [-0.1, -0.05) is 0 Å². The molecule has 0 aromatic heterocycles. The van der Waals surface area contributed by atoms with Crippen LogP contribution in [-0.4, -0.2) is 31.1 Å². The second kappa shape index (κ2) is 6.47. The Morgan fingerprint density at radius 1 is 1.29 bits per heavy atom. The summed E-state index contributed by atoms with van der Waals surface area (Å²) in [7, 11) is 0. The van der Waals surface area contributed by atoms with Crippen LogP contribution in [-0.2, 0) is 4.79 Å². The van der Waals surface area contributed by atoms with E-state index < -0.39 is 18.0 Å². The van der Waals surface area contributed by atoms with Crippen LogP contribution in [0.2, 0.25) is 0 Å². The summed E-state index contributed by atoms with van der Waals surface area (Å²) in [6.45, 7) is 5.95. The average molecular weight is 290 g/mol. The van der Waals surface area contributed by atoms with Crippen LogP contribution in [0.4, 0.5) is 16.2 Å². The summed E-state index contributed by atoms with van der Waals surface area (Å²) in [5.41, 5.74) is 8.20. The lowest BCUT2D eigenvalue weighted by atomic mass is 10.1. The summed E-state index contributed by atoms with van der Waals surface area (Å²) >= 11 is 0. The summed E-state index contributed by atoms with van der Waals surface area (Å²) < 4.78 is 0. The van der Waals surface area contributed by atoms with Crippen LogP contribution in [0.3, 0.4) is 0 Å². The molecule has 1 saturated heterocycles. The zero-order valence-corrected chi connectivity index (χ0v) is 12.5. The number of primary amides is 1. The van der Waals surface area contributed by atoms with Gasteiger partial charge in [-0.2, -0.15) is 0 Å². The second-order valence-corrected chi connectivity index (χ2v) is 5.41. The molecule has 4 N–H and O–H groups in total. The minimum Gasteiger partial charge on any atom is -0.374 e. The number of carbonyl (C=O) groups excluding carboxylic acids is 2. The fourth-order valence-corrected chi connectivity index (χ4v) is 2.60. The topological polar surface area (TPSA) is 87.5 Å².